The second-order valence-electron chi connectivity index (χ2n) is 10.4. The number of fused-ring (bicyclic) bond motifs is 1. The highest BCUT2D eigenvalue weighted by atomic mass is 32.2. The van der Waals surface area contributed by atoms with Gasteiger partial charge in [0.05, 0.1) is 30.7 Å². The average molecular weight is 547 g/mol. The molecule has 0 bridgehead atoms. The zero-order chi connectivity index (χ0) is 27.4. The largest absolute Gasteiger partial charge is 0.394 e. The molecule has 1 unspecified atom stereocenters. The molecule has 3 aromatic carbocycles. The fourth-order valence-corrected chi connectivity index (χ4v) is 7.40. The number of nitrogens with one attached hydrogen (secondary N) is 1. The van der Waals surface area contributed by atoms with Gasteiger partial charge in [-0.25, -0.2) is 12.7 Å². The molecule has 0 spiro atoms. The Bertz CT molecular complexity index is 1410. The summed E-state index contributed by atoms with van der Waals surface area (Å²) in [5.41, 5.74) is 2.56. The van der Waals surface area contributed by atoms with Crippen LogP contribution >= 0.6 is 0 Å². The van der Waals surface area contributed by atoms with Crippen molar-refractivity contribution in [3.8, 4) is 0 Å². The van der Waals surface area contributed by atoms with Gasteiger partial charge in [-0.3, -0.25) is 9.59 Å². The minimum absolute atomic E-state index is 0.0357. The van der Waals surface area contributed by atoms with E-state index in [4.69, 9.17) is 0 Å². The molecule has 1 aliphatic carbocycles. The molecule has 204 valence electrons. The lowest BCUT2D eigenvalue weighted by molar-refractivity contribution is -0.125. The zero-order valence-corrected chi connectivity index (χ0v) is 22.6. The van der Waals surface area contributed by atoms with Crippen LogP contribution in [0.25, 0.3) is 0 Å². The van der Waals surface area contributed by atoms with Crippen molar-refractivity contribution in [2.45, 2.75) is 61.9 Å². The predicted molar refractivity (Wildman–Crippen MR) is 148 cm³/mol. The second-order valence-corrected chi connectivity index (χ2v) is 12.3. The maximum Gasteiger partial charge on any atom is 0.269 e. The Balaban J connectivity index is 1.38. The van der Waals surface area contributed by atoms with Crippen LogP contribution in [-0.4, -0.2) is 36.3 Å². The highest BCUT2D eigenvalue weighted by molar-refractivity contribution is 7.90. The van der Waals surface area contributed by atoms with Gasteiger partial charge in [-0.1, -0.05) is 92.4 Å². The van der Waals surface area contributed by atoms with Crippen LogP contribution in [0.15, 0.2) is 83.8 Å². The molecule has 0 radical (unpaired) electrons. The Morgan fingerprint density at radius 2 is 1.51 bits per heavy atom. The number of aliphatic hydroxyl groups is 1. The maximum absolute atomic E-state index is 13.8. The van der Waals surface area contributed by atoms with Gasteiger partial charge < -0.3 is 10.4 Å². The first-order valence-corrected chi connectivity index (χ1v) is 15.1. The van der Waals surface area contributed by atoms with Crippen LogP contribution in [0.4, 0.5) is 0 Å². The molecule has 8 heteroatoms. The third-order valence-electron chi connectivity index (χ3n) is 7.93. The van der Waals surface area contributed by atoms with Crippen molar-refractivity contribution in [1.29, 1.82) is 0 Å². The summed E-state index contributed by atoms with van der Waals surface area (Å²) in [5.74, 6) is -0.869. The molecular weight excluding hydrogens is 512 g/mol. The van der Waals surface area contributed by atoms with Crippen LogP contribution in [0, 0.1) is 5.92 Å². The van der Waals surface area contributed by atoms with Crippen LogP contribution in [0.5, 0.6) is 0 Å². The van der Waals surface area contributed by atoms with E-state index in [1.54, 1.807) is 24.3 Å². The smallest absolute Gasteiger partial charge is 0.269 e. The van der Waals surface area contributed by atoms with E-state index in [0.29, 0.717) is 5.56 Å². The fourth-order valence-electron chi connectivity index (χ4n) is 5.85. The molecule has 0 aromatic heterocycles. The summed E-state index contributed by atoms with van der Waals surface area (Å²) >= 11 is 0. The van der Waals surface area contributed by atoms with Crippen LogP contribution in [0.3, 0.4) is 0 Å². The molecule has 0 saturated heterocycles. The van der Waals surface area contributed by atoms with Crippen molar-refractivity contribution >= 4 is 21.8 Å². The molecule has 2 atom stereocenters. The van der Waals surface area contributed by atoms with Gasteiger partial charge in [0.25, 0.3) is 15.9 Å². The number of carbonyl (C=O) groups is 2. The van der Waals surface area contributed by atoms with Gasteiger partial charge in [0.1, 0.15) is 4.90 Å². The summed E-state index contributed by atoms with van der Waals surface area (Å²) in [6, 6.07) is 22.6. The van der Waals surface area contributed by atoms with Gasteiger partial charge >= 0.3 is 0 Å². The van der Waals surface area contributed by atoms with Crippen molar-refractivity contribution in [3.05, 3.63) is 101 Å². The summed E-state index contributed by atoms with van der Waals surface area (Å²) in [6.45, 7) is -0.274. The number of amides is 2. The zero-order valence-electron chi connectivity index (χ0n) is 21.8. The first-order valence-electron chi connectivity index (χ1n) is 13.6. The summed E-state index contributed by atoms with van der Waals surface area (Å²) in [5, 5.41) is 13.1. The molecular formula is C31H34N2O5S. The van der Waals surface area contributed by atoms with E-state index in [9.17, 15) is 23.1 Å². The molecule has 1 saturated carbocycles. The number of carbonyl (C=O) groups excluding carboxylic acids is 2. The van der Waals surface area contributed by atoms with Crippen molar-refractivity contribution < 1.29 is 23.1 Å². The van der Waals surface area contributed by atoms with Crippen LogP contribution in [0.2, 0.25) is 0 Å². The standard InChI is InChI=1S/C31H34N2O5S/c34-21-27(23-10-6-3-7-11-23)32-30(35)29(24-12-4-1-2-5-13-24)25-18-16-22(17-19-25)20-33-31(36)26-14-8-9-15-28(26)39(33,37)38/h3,6-11,14-19,24,27,29,34H,1-2,4-5,12-13,20-21H2,(H,32,35)/t27-,29?/m0/s1. The molecule has 1 aliphatic heterocycles. The molecule has 7 nitrogen and oxygen atoms in total. The van der Waals surface area contributed by atoms with E-state index in [1.165, 1.54) is 12.1 Å². The fraction of sp³-hybridized carbons (Fsp3) is 0.355. The average Bonchev–Trinajstić information content (AvgIpc) is 3.14. The van der Waals surface area contributed by atoms with Crippen molar-refractivity contribution in [3.63, 3.8) is 0 Å². The lowest BCUT2D eigenvalue weighted by atomic mass is 9.80. The van der Waals surface area contributed by atoms with Gasteiger partial charge in [0.15, 0.2) is 0 Å². The Morgan fingerprint density at radius 1 is 0.872 bits per heavy atom. The van der Waals surface area contributed by atoms with E-state index in [2.05, 4.69) is 5.32 Å². The van der Waals surface area contributed by atoms with Crippen LogP contribution in [-0.2, 0) is 21.4 Å². The number of nitrogens with zero attached hydrogens (tertiary/aromatic N) is 1. The lowest BCUT2D eigenvalue weighted by Crippen LogP contribution is -2.37. The normalized spacial score (nSPS) is 18.7. The molecule has 39 heavy (non-hydrogen) atoms. The van der Waals surface area contributed by atoms with Gasteiger partial charge in [-0.05, 0) is 47.6 Å². The summed E-state index contributed by atoms with van der Waals surface area (Å²) < 4.78 is 26.9. The van der Waals surface area contributed by atoms with Crippen molar-refractivity contribution in [1.82, 2.24) is 9.62 Å². The third-order valence-corrected chi connectivity index (χ3v) is 9.72. The Labute approximate surface area is 229 Å². The molecule has 2 aliphatic rings. The minimum Gasteiger partial charge on any atom is -0.394 e. The van der Waals surface area contributed by atoms with E-state index in [1.807, 2.05) is 42.5 Å². The highest BCUT2D eigenvalue weighted by Gasteiger charge is 2.40. The summed E-state index contributed by atoms with van der Waals surface area (Å²) in [6.07, 6.45) is 6.37. The van der Waals surface area contributed by atoms with Crippen LogP contribution < -0.4 is 5.32 Å². The topological polar surface area (TPSA) is 104 Å². The third kappa shape index (κ3) is 5.63. The van der Waals surface area contributed by atoms with E-state index in [0.717, 1.165) is 54.0 Å². The predicted octanol–water partition coefficient (Wildman–Crippen LogP) is 4.94. The second kappa shape index (κ2) is 11.7. The summed E-state index contributed by atoms with van der Waals surface area (Å²) in [4.78, 5) is 26.6. The Kier molecular flexibility index (Phi) is 8.14. The van der Waals surface area contributed by atoms with E-state index in [-0.39, 0.29) is 35.4 Å². The summed E-state index contributed by atoms with van der Waals surface area (Å²) in [7, 11) is -3.90. The van der Waals surface area contributed by atoms with Crippen molar-refractivity contribution in [2.24, 2.45) is 5.92 Å². The number of hydrogen-bond donors (Lipinski definition) is 2. The van der Waals surface area contributed by atoms with Crippen molar-refractivity contribution in [2.75, 3.05) is 6.61 Å². The molecule has 5 rings (SSSR count). The van der Waals surface area contributed by atoms with Gasteiger partial charge in [-0.2, -0.15) is 0 Å². The first-order chi connectivity index (χ1) is 18.9. The maximum atomic E-state index is 13.8. The molecule has 3 aromatic rings. The quantitative estimate of drug-likeness (QED) is 0.390. The molecule has 1 fully saturated rings. The number of rotatable bonds is 8. The van der Waals surface area contributed by atoms with E-state index >= 15 is 0 Å². The number of hydrogen-bond acceptors (Lipinski definition) is 5. The lowest BCUT2D eigenvalue weighted by Gasteiger charge is -2.28. The van der Waals surface area contributed by atoms with E-state index < -0.39 is 27.9 Å². The number of benzene rings is 3. The molecule has 2 amide bonds. The minimum atomic E-state index is -3.90. The number of sulfonamides is 1. The monoisotopic (exact) mass is 546 g/mol. The van der Waals surface area contributed by atoms with Gasteiger partial charge in [-0.15, -0.1) is 0 Å². The van der Waals surface area contributed by atoms with Crippen LogP contribution in [0.1, 0.15) is 77.5 Å². The SMILES string of the molecule is O=C(N[C@@H](CO)c1ccccc1)C(c1ccc(CN2C(=O)c3ccccc3S2(=O)=O)cc1)C1CCCCCC1. The van der Waals surface area contributed by atoms with Gasteiger partial charge in [0.2, 0.25) is 5.91 Å². The molecule has 1 heterocycles. The van der Waals surface area contributed by atoms with Gasteiger partial charge in [0, 0.05) is 0 Å². The highest BCUT2D eigenvalue weighted by Crippen LogP contribution is 2.37. The Hall–Kier alpha value is -3.49. The first kappa shape index (κ1) is 27.1. The Morgan fingerprint density at radius 3 is 2.15 bits per heavy atom. The molecule has 2 N–H and O–H groups in total. The number of aliphatic hydroxyl groups excluding tert-OH is 1.